The molecule has 5 nitrogen and oxygen atoms in total. The highest BCUT2D eigenvalue weighted by atomic mass is 16.5. The highest BCUT2D eigenvalue weighted by Crippen LogP contribution is 2.23. The maximum absolute atomic E-state index is 10.5. The first-order valence-electron chi connectivity index (χ1n) is 6.45. The molecule has 2 rings (SSSR count). The summed E-state index contributed by atoms with van der Waals surface area (Å²) < 4.78 is 5.28. The number of anilines is 1. The summed E-state index contributed by atoms with van der Waals surface area (Å²) in [6, 6.07) is 1.97. The van der Waals surface area contributed by atoms with Gasteiger partial charge in [-0.1, -0.05) is 6.92 Å². The quantitative estimate of drug-likeness (QED) is 0.865. The molecule has 1 N–H and O–H groups in total. The summed E-state index contributed by atoms with van der Waals surface area (Å²) in [5, 5.41) is 10.5. The van der Waals surface area contributed by atoms with E-state index in [2.05, 4.69) is 16.9 Å². The molecule has 0 atom stereocenters. The van der Waals surface area contributed by atoms with E-state index in [9.17, 15) is 5.11 Å². The molecule has 1 saturated heterocycles. The van der Waals surface area contributed by atoms with E-state index >= 15 is 0 Å². The number of ether oxygens (including phenoxy) is 1. The maximum Gasteiger partial charge on any atom is 0.132 e. The summed E-state index contributed by atoms with van der Waals surface area (Å²) in [7, 11) is 1.95. The Bertz CT molecular complexity index is 392. The first kappa shape index (κ1) is 13.2. The molecule has 1 fully saturated rings. The molecule has 1 aliphatic heterocycles. The van der Waals surface area contributed by atoms with E-state index in [4.69, 9.17) is 4.74 Å². The Kier molecular flexibility index (Phi) is 4.14. The van der Waals surface area contributed by atoms with Crippen molar-refractivity contribution in [2.24, 2.45) is 0 Å². The fourth-order valence-corrected chi connectivity index (χ4v) is 2.22. The molecular formula is C13H21N3O2. The third-order valence-electron chi connectivity index (χ3n) is 3.42. The van der Waals surface area contributed by atoms with Crippen molar-refractivity contribution >= 4 is 5.82 Å². The minimum Gasteiger partial charge on any atom is -0.388 e. The number of aliphatic hydroxyl groups is 1. The lowest BCUT2D eigenvalue weighted by Crippen LogP contribution is -2.46. The van der Waals surface area contributed by atoms with E-state index < -0.39 is 5.60 Å². The van der Waals surface area contributed by atoms with E-state index in [1.807, 2.05) is 18.0 Å². The first-order chi connectivity index (χ1) is 8.63. The molecule has 0 aliphatic carbocycles. The van der Waals surface area contributed by atoms with E-state index in [1.54, 1.807) is 6.33 Å². The molecule has 5 heteroatoms. The van der Waals surface area contributed by atoms with Crippen LogP contribution < -0.4 is 4.90 Å². The summed E-state index contributed by atoms with van der Waals surface area (Å²) in [6.45, 7) is 3.91. The van der Waals surface area contributed by atoms with Crippen LogP contribution in [0.1, 0.15) is 25.5 Å². The average molecular weight is 251 g/mol. The van der Waals surface area contributed by atoms with Crippen molar-refractivity contribution in [1.82, 2.24) is 9.97 Å². The van der Waals surface area contributed by atoms with Gasteiger partial charge < -0.3 is 14.7 Å². The number of aryl methyl sites for hydroxylation is 1. The van der Waals surface area contributed by atoms with Gasteiger partial charge in [0.15, 0.2) is 0 Å². The monoisotopic (exact) mass is 251 g/mol. The van der Waals surface area contributed by atoms with Crippen molar-refractivity contribution in [2.75, 3.05) is 31.7 Å². The van der Waals surface area contributed by atoms with Gasteiger partial charge in [0.25, 0.3) is 0 Å². The number of hydrogen-bond donors (Lipinski definition) is 1. The highest BCUT2D eigenvalue weighted by molar-refractivity contribution is 5.38. The fourth-order valence-electron chi connectivity index (χ4n) is 2.22. The molecule has 0 unspecified atom stereocenters. The van der Waals surface area contributed by atoms with Gasteiger partial charge in [0, 0.05) is 51.4 Å². The van der Waals surface area contributed by atoms with Gasteiger partial charge in [-0.15, -0.1) is 0 Å². The van der Waals surface area contributed by atoms with E-state index in [0.29, 0.717) is 32.6 Å². The Morgan fingerprint density at radius 3 is 2.78 bits per heavy atom. The SMILES string of the molecule is CCc1cc(N(C)CC2(O)CCOCC2)ncn1. The van der Waals surface area contributed by atoms with E-state index in [-0.39, 0.29) is 0 Å². The Morgan fingerprint density at radius 1 is 1.39 bits per heavy atom. The Labute approximate surface area is 108 Å². The van der Waals surface area contributed by atoms with Crippen molar-refractivity contribution in [3.63, 3.8) is 0 Å². The Balaban J connectivity index is 2.03. The van der Waals surface area contributed by atoms with Crippen LogP contribution in [0, 0.1) is 0 Å². The largest absolute Gasteiger partial charge is 0.388 e. The van der Waals surface area contributed by atoms with Crippen molar-refractivity contribution in [1.29, 1.82) is 0 Å². The second kappa shape index (κ2) is 5.63. The molecule has 0 aromatic carbocycles. The topological polar surface area (TPSA) is 58.5 Å². The lowest BCUT2D eigenvalue weighted by Gasteiger charge is -2.35. The second-order valence-corrected chi connectivity index (χ2v) is 4.91. The molecule has 1 aromatic rings. The van der Waals surface area contributed by atoms with Crippen molar-refractivity contribution in [2.45, 2.75) is 31.8 Å². The number of nitrogens with zero attached hydrogens (tertiary/aromatic N) is 3. The molecule has 0 radical (unpaired) electrons. The predicted molar refractivity (Wildman–Crippen MR) is 69.7 cm³/mol. The van der Waals surface area contributed by atoms with Crippen molar-refractivity contribution < 1.29 is 9.84 Å². The minimum atomic E-state index is -0.662. The van der Waals surface area contributed by atoms with Crippen LogP contribution in [0.15, 0.2) is 12.4 Å². The van der Waals surface area contributed by atoms with Crippen LogP contribution in [0.4, 0.5) is 5.82 Å². The normalized spacial score (nSPS) is 18.6. The standard InChI is InChI=1S/C13H21N3O2/c1-3-11-8-12(15-10-14-11)16(2)9-13(17)4-6-18-7-5-13/h8,10,17H,3-7,9H2,1-2H3. The van der Waals surface area contributed by atoms with Gasteiger partial charge in [0.1, 0.15) is 12.1 Å². The predicted octanol–water partition coefficient (Wildman–Crippen LogP) is 1.02. The Morgan fingerprint density at radius 2 is 2.11 bits per heavy atom. The van der Waals surface area contributed by atoms with Crippen LogP contribution in [0.5, 0.6) is 0 Å². The highest BCUT2D eigenvalue weighted by Gasteiger charge is 2.31. The molecule has 0 amide bonds. The van der Waals surface area contributed by atoms with Gasteiger partial charge in [-0.3, -0.25) is 0 Å². The summed E-state index contributed by atoms with van der Waals surface area (Å²) in [6.07, 6.45) is 3.84. The molecule has 1 aromatic heterocycles. The smallest absolute Gasteiger partial charge is 0.132 e. The molecular weight excluding hydrogens is 230 g/mol. The van der Waals surface area contributed by atoms with Crippen LogP contribution in [0.2, 0.25) is 0 Å². The summed E-state index contributed by atoms with van der Waals surface area (Å²) in [5.41, 5.74) is 0.357. The Hall–Kier alpha value is -1.20. The van der Waals surface area contributed by atoms with Crippen LogP contribution in [-0.4, -0.2) is 47.5 Å². The first-order valence-corrected chi connectivity index (χ1v) is 6.45. The number of likely N-dealkylation sites (N-methyl/N-ethyl adjacent to an activating group) is 1. The van der Waals surface area contributed by atoms with Crippen molar-refractivity contribution in [3.8, 4) is 0 Å². The molecule has 1 aliphatic rings. The van der Waals surface area contributed by atoms with Crippen LogP contribution >= 0.6 is 0 Å². The molecule has 100 valence electrons. The zero-order valence-electron chi connectivity index (χ0n) is 11.1. The zero-order chi connectivity index (χ0) is 13.0. The number of hydrogen-bond acceptors (Lipinski definition) is 5. The fraction of sp³-hybridized carbons (Fsp3) is 0.692. The summed E-state index contributed by atoms with van der Waals surface area (Å²) in [5.74, 6) is 0.863. The van der Waals surface area contributed by atoms with Gasteiger partial charge >= 0.3 is 0 Å². The lowest BCUT2D eigenvalue weighted by atomic mass is 9.94. The van der Waals surface area contributed by atoms with Gasteiger partial charge in [0.05, 0.1) is 5.60 Å². The summed E-state index contributed by atoms with van der Waals surface area (Å²) >= 11 is 0. The molecule has 2 heterocycles. The van der Waals surface area contributed by atoms with Crippen molar-refractivity contribution in [3.05, 3.63) is 18.1 Å². The summed E-state index contributed by atoms with van der Waals surface area (Å²) in [4.78, 5) is 10.4. The maximum atomic E-state index is 10.5. The van der Waals surface area contributed by atoms with Gasteiger partial charge in [-0.2, -0.15) is 0 Å². The molecule has 0 saturated carbocycles. The minimum absolute atomic E-state index is 0.580. The van der Waals surface area contributed by atoms with Crippen LogP contribution in [0.3, 0.4) is 0 Å². The molecule has 0 bridgehead atoms. The van der Waals surface area contributed by atoms with Crippen LogP contribution in [0.25, 0.3) is 0 Å². The van der Waals surface area contributed by atoms with E-state index in [1.165, 1.54) is 0 Å². The van der Waals surface area contributed by atoms with Gasteiger partial charge in [-0.25, -0.2) is 9.97 Å². The van der Waals surface area contributed by atoms with Gasteiger partial charge in [-0.05, 0) is 6.42 Å². The number of aromatic nitrogens is 2. The lowest BCUT2D eigenvalue weighted by molar-refractivity contribution is -0.0573. The molecule has 18 heavy (non-hydrogen) atoms. The third-order valence-corrected chi connectivity index (χ3v) is 3.42. The average Bonchev–Trinajstić information content (AvgIpc) is 2.39. The van der Waals surface area contributed by atoms with Crippen LogP contribution in [-0.2, 0) is 11.2 Å². The number of rotatable bonds is 4. The molecule has 0 spiro atoms. The third kappa shape index (κ3) is 3.17. The van der Waals surface area contributed by atoms with E-state index in [0.717, 1.165) is 17.9 Å². The zero-order valence-corrected chi connectivity index (χ0v) is 11.1. The van der Waals surface area contributed by atoms with Gasteiger partial charge in [0.2, 0.25) is 0 Å². The second-order valence-electron chi connectivity index (χ2n) is 4.91.